The van der Waals surface area contributed by atoms with E-state index >= 15 is 0 Å². The summed E-state index contributed by atoms with van der Waals surface area (Å²) in [5.41, 5.74) is 2.07. The molecule has 2 rings (SSSR count). The number of thiophene rings is 1. The zero-order chi connectivity index (χ0) is 12.5. The van der Waals surface area contributed by atoms with Crippen LogP contribution in [0.15, 0.2) is 6.07 Å². The molecule has 0 bridgehead atoms. The number of nitrogens with one attached hydrogen (secondary N) is 1. The highest BCUT2D eigenvalue weighted by molar-refractivity contribution is 7.12. The summed E-state index contributed by atoms with van der Waals surface area (Å²) in [5.74, 6) is 0. The summed E-state index contributed by atoms with van der Waals surface area (Å²) < 4.78 is 0. The molecule has 96 valence electrons. The molecule has 1 unspecified atom stereocenters. The van der Waals surface area contributed by atoms with E-state index in [1.54, 1.807) is 15.3 Å². The number of fused-ring (bicyclic) bond motifs is 1. The van der Waals surface area contributed by atoms with Crippen LogP contribution in [0.25, 0.3) is 0 Å². The Hall–Kier alpha value is -0.340. The lowest BCUT2D eigenvalue weighted by Crippen LogP contribution is -2.18. The number of hydrogen-bond donors (Lipinski definition) is 1. The molecule has 0 aliphatic heterocycles. The monoisotopic (exact) mass is 251 g/mol. The Bertz CT molecular complexity index is 351. The van der Waals surface area contributed by atoms with Gasteiger partial charge in [-0.25, -0.2) is 0 Å². The van der Waals surface area contributed by atoms with E-state index in [-0.39, 0.29) is 0 Å². The lowest BCUT2D eigenvalue weighted by atomic mass is 9.88. The van der Waals surface area contributed by atoms with E-state index < -0.39 is 0 Å². The van der Waals surface area contributed by atoms with Crippen molar-refractivity contribution in [2.45, 2.75) is 58.9 Å². The zero-order valence-corrected chi connectivity index (χ0v) is 12.4. The third-order valence-electron chi connectivity index (χ3n) is 3.64. The highest BCUT2D eigenvalue weighted by atomic mass is 32.1. The zero-order valence-electron chi connectivity index (χ0n) is 11.6. The molecule has 0 saturated heterocycles. The number of aryl methyl sites for hydroxylation is 2. The smallest absolute Gasteiger partial charge is 0.0412 e. The first-order valence-electron chi connectivity index (χ1n) is 6.78. The summed E-state index contributed by atoms with van der Waals surface area (Å²) in [4.78, 5) is 3.21. The third-order valence-corrected chi connectivity index (χ3v) is 4.99. The first-order valence-corrected chi connectivity index (χ1v) is 7.60. The van der Waals surface area contributed by atoms with E-state index in [0.29, 0.717) is 11.5 Å². The Morgan fingerprint density at radius 3 is 2.71 bits per heavy atom. The largest absolute Gasteiger partial charge is 0.312 e. The van der Waals surface area contributed by atoms with Gasteiger partial charge in [-0.2, -0.15) is 0 Å². The maximum absolute atomic E-state index is 3.49. The molecule has 1 aliphatic carbocycles. The molecule has 1 nitrogen and oxygen atoms in total. The molecule has 1 aliphatic rings. The molecule has 0 radical (unpaired) electrons. The second kappa shape index (κ2) is 5.11. The van der Waals surface area contributed by atoms with Gasteiger partial charge in [0.1, 0.15) is 0 Å². The normalized spacial score (nSPS) is 17.2. The predicted molar refractivity (Wildman–Crippen MR) is 76.8 cm³/mol. The summed E-state index contributed by atoms with van der Waals surface area (Å²) >= 11 is 2.04. The van der Waals surface area contributed by atoms with Crippen molar-refractivity contribution in [1.29, 1.82) is 0 Å². The minimum Gasteiger partial charge on any atom is -0.312 e. The van der Waals surface area contributed by atoms with Gasteiger partial charge >= 0.3 is 0 Å². The summed E-state index contributed by atoms with van der Waals surface area (Å²) in [6.07, 6.45) is 6.52. The molecule has 17 heavy (non-hydrogen) atoms. The molecule has 1 atom stereocenters. The van der Waals surface area contributed by atoms with Crippen molar-refractivity contribution in [2.75, 3.05) is 7.05 Å². The van der Waals surface area contributed by atoms with Crippen LogP contribution in [0.5, 0.6) is 0 Å². The van der Waals surface area contributed by atoms with Crippen LogP contribution in [0.2, 0.25) is 0 Å². The van der Waals surface area contributed by atoms with Gasteiger partial charge in [0, 0.05) is 15.8 Å². The molecule has 0 fully saturated rings. The molecule has 1 heterocycles. The minimum atomic E-state index is 0.440. The van der Waals surface area contributed by atoms with Gasteiger partial charge in [0.15, 0.2) is 0 Å². The van der Waals surface area contributed by atoms with Crippen molar-refractivity contribution in [2.24, 2.45) is 5.41 Å². The molecule has 1 aromatic heterocycles. The third kappa shape index (κ3) is 3.32. The van der Waals surface area contributed by atoms with Crippen LogP contribution < -0.4 is 5.32 Å². The Morgan fingerprint density at radius 1 is 1.35 bits per heavy atom. The van der Waals surface area contributed by atoms with Gasteiger partial charge in [0.25, 0.3) is 0 Å². The van der Waals surface area contributed by atoms with Gasteiger partial charge in [-0.3, -0.25) is 0 Å². The summed E-state index contributed by atoms with van der Waals surface area (Å²) in [6.45, 7) is 6.98. The van der Waals surface area contributed by atoms with E-state index in [4.69, 9.17) is 0 Å². The van der Waals surface area contributed by atoms with Crippen LogP contribution in [0.4, 0.5) is 0 Å². The van der Waals surface area contributed by atoms with E-state index in [9.17, 15) is 0 Å². The standard InChI is InChI=1S/C15H25NS/c1-15(2,3)9-8-12(16-4)14-10-11-6-5-7-13(11)17-14/h10,12,16H,5-9H2,1-4H3. The lowest BCUT2D eigenvalue weighted by molar-refractivity contribution is 0.339. The Kier molecular flexibility index (Phi) is 3.94. The molecule has 0 spiro atoms. The van der Waals surface area contributed by atoms with Crippen molar-refractivity contribution in [3.05, 3.63) is 21.4 Å². The van der Waals surface area contributed by atoms with Gasteiger partial charge in [-0.05, 0) is 56.2 Å². The lowest BCUT2D eigenvalue weighted by Gasteiger charge is -2.22. The molecule has 1 N–H and O–H groups in total. The molecule has 0 saturated carbocycles. The van der Waals surface area contributed by atoms with Crippen LogP contribution in [0.3, 0.4) is 0 Å². The molecular formula is C15H25NS. The van der Waals surface area contributed by atoms with Crippen molar-refractivity contribution in [3.8, 4) is 0 Å². The fourth-order valence-electron chi connectivity index (χ4n) is 2.53. The minimum absolute atomic E-state index is 0.440. The van der Waals surface area contributed by atoms with Crippen molar-refractivity contribution < 1.29 is 0 Å². The fraction of sp³-hybridized carbons (Fsp3) is 0.733. The van der Waals surface area contributed by atoms with Crippen LogP contribution in [0.1, 0.15) is 61.4 Å². The van der Waals surface area contributed by atoms with Crippen molar-refractivity contribution >= 4 is 11.3 Å². The van der Waals surface area contributed by atoms with Crippen molar-refractivity contribution in [3.63, 3.8) is 0 Å². The summed E-state index contributed by atoms with van der Waals surface area (Å²) in [6, 6.07) is 3.02. The van der Waals surface area contributed by atoms with E-state index in [0.717, 1.165) is 0 Å². The highest BCUT2D eigenvalue weighted by Crippen LogP contribution is 2.36. The van der Waals surface area contributed by atoms with Crippen LogP contribution >= 0.6 is 11.3 Å². The summed E-state index contributed by atoms with van der Waals surface area (Å²) in [7, 11) is 2.10. The second-order valence-corrected chi connectivity index (χ2v) is 7.56. The maximum Gasteiger partial charge on any atom is 0.0412 e. The van der Waals surface area contributed by atoms with Gasteiger partial charge < -0.3 is 5.32 Å². The molecule has 1 aromatic rings. The van der Waals surface area contributed by atoms with E-state index in [1.165, 1.54) is 32.1 Å². The van der Waals surface area contributed by atoms with E-state index in [1.807, 2.05) is 11.3 Å². The van der Waals surface area contributed by atoms with Gasteiger partial charge in [-0.1, -0.05) is 20.8 Å². The second-order valence-electron chi connectivity index (χ2n) is 6.39. The SMILES string of the molecule is CNC(CCC(C)(C)C)c1cc2c(s1)CCC2. The Balaban J connectivity index is 2.02. The molecule has 2 heteroatoms. The van der Waals surface area contributed by atoms with E-state index in [2.05, 4.69) is 39.2 Å². The van der Waals surface area contributed by atoms with Crippen LogP contribution in [-0.4, -0.2) is 7.05 Å². The quantitative estimate of drug-likeness (QED) is 0.840. The predicted octanol–water partition coefficient (Wildman–Crippen LogP) is 4.32. The molecule has 0 aromatic carbocycles. The highest BCUT2D eigenvalue weighted by Gasteiger charge is 2.21. The Morgan fingerprint density at radius 2 is 2.12 bits per heavy atom. The topological polar surface area (TPSA) is 12.0 Å². The number of rotatable bonds is 4. The van der Waals surface area contributed by atoms with Crippen molar-refractivity contribution in [1.82, 2.24) is 5.32 Å². The number of hydrogen-bond acceptors (Lipinski definition) is 2. The van der Waals surface area contributed by atoms with Crippen LogP contribution in [0, 0.1) is 5.41 Å². The molecule has 0 amide bonds. The van der Waals surface area contributed by atoms with Gasteiger partial charge in [0.05, 0.1) is 0 Å². The maximum atomic E-state index is 3.49. The average Bonchev–Trinajstić information content (AvgIpc) is 2.76. The average molecular weight is 251 g/mol. The van der Waals surface area contributed by atoms with Crippen LogP contribution in [-0.2, 0) is 12.8 Å². The first-order chi connectivity index (χ1) is 7.99. The first kappa shape index (κ1) is 13.1. The Labute approximate surface area is 110 Å². The van der Waals surface area contributed by atoms with Gasteiger partial charge in [0.2, 0.25) is 0 Å². The fourth-order valence-corrected chi connectivity index (χ4v) is 3.93. The molecular weight excluding hydrogens is 226 g/mol. The summed E-state index contributed by atoms with van der Waals surface area (Å²) in [5, 5.41) is 3.49. The van der Waals surface area contributed by atoms with Gasteiger partial charge in [-0.15, -0.1) is 11.3 Å².